The molecule has 0 bridgehead atoms. The van der Waals surface area contributed by atoms with E-state index in [1.165, 1.54) is 6.33 Å². The van der Waals surface area contributed by atoms with E-state index in [9.17, 15) is 14.4 Å². The number of rotatable bonds is 6. The predicted molar refractivity (Wildman–Crippen MR) is 107 cm³/mol. The highest BCUT2D eigenvalue weighted by Crippen LogP contribution is 2.24. The predicted octanol–water partition coefficient (Wildman–Crippen LogP) is 3.83. The molecule has 7 nitrogen and oxygen atoms in total. The average molecular weight is 442 g/mol. The summed E-state index contributed by atoms with van der Waals surface area (Å²) in [4.78, 5) is 44.0. The number of carbonyl (C=O) groups is 3. The van der Waals surface area contributed by atoms with Crippen molar-refractivity contribution in [3.63, 3.8) is 0 Å². The molecule has 28 heavy (non-hydrogen) atoms. The number of H-pyrrole nitrogens is 1. The van der Waals surface area contributed by atoms with Crippen LogP contribution in [0.4, 0.5) is 5.69 Å². The normalized spacial score (nSPS) is 10.4. The minimum Gasteiger partial charge on any atom is -0.461 e. The van der Waals surface area contributed by atoms with Gasteiger partial charge in [-0.3, -0.25) is 9.59 Å². The first-order valence-electron chi connectivity index (χ1n) is 8.42. The summed E-state index contributed by atoms with van der Waals surface area (Å²) < 4.78 is 5.60. The summed E-state index contributed by atoms with van der Waals surface area (Å²) in [5, 5.41) is 2.66. The zero-order chi connectivity index (χ0) is 20.1. The van der Waals surface area contributed by atoms with Crippen LogP contribution in [0.3, 0.4) is 0 Å². The van der Waals surface area contributed by atoms with Crippen LogP contribution >= 0.6 is 15.9 Å². The Labute approximate surface area is 169 Å². The lowest BCUT2D eigenvalue weighted by molar-refractivity contribution is 0.0517. The van der Waals surface area contributed by atoms with Crippen molar-refractivity contribution in [1.82, 2.24) is 9.97 Å². The van der Waals surface area contributed by atoms with Crippen molar-refractivity contribution in [2.45, 2.75) is 6.92 Å². The maximum Gasteiger partial charge on any atom is 0.357 e. The van der Waals surface area contributed by atoms with Crippen LogP contribution in [-0.2, 0) is 4.74 Å². The van der Waals surface area contributed by atoms with Crippen LogP contribution in [0.5, 0.6) is 0 Å². The first kappa shape index (κ1) is 19.5. The second kappa shape index (κ2) is 8.62. The van der Waals surface area contributed by atoms with Crippen molar-refractivity contribution in [2.24, 2.45) is 0 Å². The summed E-state index contributed by atoms with van der Waals surface area (Å²) >= 11 is 3.35. The Balaban J connectivity index is 1.92. The van der Waals surface area contributed by atoms with Gasteiger partial charge in [-0.1, -0.05) is 46.3 Å². The minimum atomic E-state index is -0.679. The van der Waals surface area contributed by atoms with Gasteiger partial charge in [0.05, 0.1) is 18.6 Å². The molecule has 0 atom stereocenters. The van der Waals surface area contributed by atoms with E-state index in [4.69, 9.17) is 4.74 Å². The zero-order valence-electron chi connectivity index (χ0n) is 14.9. The molecule has 0 saturated heterocycles. The second-order valence-corrected chi connectivity index (χ2v) is 6.60. The number of hydrogen-bond donors (Lipinski definition) is 2. The Morgan fingerprint density at radius 1 is 1.14 bits per heavy atom. The van der Waals surface area contributed by atoms with Gasteiger partial charge in [0, 0.05) is 15.6 Å². The fourth-order valence-electron chi connectivity index (χ4n) is 2.57. The molecule has 1 heterocycles. The van der Waals surface area contributed by atoms with E-state index < -0.39 is 11.9 Å². The fourth-order valence-corrected chi connectivity index (χ4v) is 2.93. The van der Waals surface area contributed by atoms with E-state index in [0.717, 1.165) is 0 Å². The molecule has 0 unspecified atom stereocenters. The number of benzene rings is 2. The topological polar surface area (TPSA) is 101 Å². The Kier molecular flexibility index (Phi) is 6.00. The molecule has 0 spiro atoms. The van der Waals surface area contributed by atoms with Gasteiger partial charge in [0.2, 0.25) is 0 Å². The number of carbonyl (C=O) groups excluding carboxylic acids is 3. The molecule has 2 N–H and O–H groups in total. The number of aromatic amines is 1. The maximum absolute atomic E-state index is 12.9. The van der Waals surface area contributed by atoms with Gasteiger partial charge < -0.3 is 15.0 Å². The molecule has 1 amide bonds. The average Bonchev–Trinajstić information content (AvgIpc) is 3.20. The molecule has 0 saturated carbocycles. The Morgan fingerprint density at radius 3 is 2.61 bits per heavy atom. The summed E-state index contributed by atoms with van der Waals surface area (Å²) in [6.07, 6.45) is 1.23. The summed E-state index contributed by atoms with van der Waals surface area (Å²) in [6.45, 7) is 1.83. The molecule has 0 radical (unpaired) electrons. The summed E-state index contributed by atoms with van der Waals surface area (Å²) in [6, 6.07) is 13.7. The third kappa shape index (κ3) is 4.17. The Hall–Kier alpha value is -3.26. The van der Waals surface area contributed by atoms with Crippen molar-refractivity contribution >= 4 is 39.3 Å². The molecule has 0 fully saturated rings. The highest BCUT2D eigenvalue weighted by atomic mass is 79.9. The lowest BCUT2D eigenvalue weighted by Crippen LogP contribution is -2.19. The van der Waals surface area contributed by atoms with Gasteiger partial charge in [0.15, 0.2) is 17.2 Å². The van der Waals surface area contributed by atoms with Crippen molar-refractivity contribution < 1.29 is 19.1 Å². The van der Waals surface area contributed by atoms with Gasteiger partial charge >= 0.3 is 5.97 Å². The molecule has 1 aromatic heterocycles. The molecule has 0 aliphatic rings. The molecular weight excluding hydrogens is 426 g/mol. The number of ether oxygens (including phenoxy) is 1. The number of nitrogens with zero attached hydrogens (tertiary/aromatic N) is 1. The quantitative estimate of drug-likeness (QED) is 0.447. The number of imidazole rings is 1. The first-order chi connectivity index (χ1) is 13.5. The van der Waals surface area contributed by atoms with Crippen molar-refractivity contribution in [2.75, 3.05) is 11.9 Å². The number of halogens is 1. The van der Waals surface area contributed by atoms with Gasteiger partial charge in [-0.15, -0.1) is 0 Å². The van der Waals surface area contributed by atoms with Crippen LogP contribution in [0.25, 0.3) is 0 Å². The molecule has 0 aliphatic carbocycles. The Bertz CT molecular complexity index is 1030. The van der Waals surface area contributed by atoms with Gasteiger partial charge in [0.25, 0.3) is 5.91 Å². The van der Waals surface area contributed by atoms with Crippen LogP contribution in [0.15, 0.2) is 59.3 Å². The molecule has 3 aromatic rings. The monoisotopic (exact) mass is 441 g/mol. The minimum absolute atomic E-state index is 0.0487. The maximum atomic E-state index is 12.9. The summed E-state index contributed by atoms with van der Waals surface area (Å²) in [7, 11) is 0. The second-order valence-electron chi connectivity index (χ2n) is 5.69. The van der Waals surface area contributed by atoms with Crippen LogP contribution in [-0.4, -0.2) is 34.2 Å². The van der Waals surface area contributed by atoms with E-state index in [1.54, 1.807) is 49.4 Å². The van der Waals surface area contributed by atoms with Crippen LogP contribution < -0.4 is 5.32 Å². The number of anilines is 1. The molecule has 3 rings (SSSR count). The summed E-state index contributed by atoms with van der Waals surface area (Å²) in [5.41, 5.74) is 0.942. The Morgan fingerprint density at radius 2 is 1.89 bits per heavy atom. The molecule has 142 valence electrons. The lowest BCUT2D eigenvalue weighted by atomic mass is 10.0. The fraction of sp³-hybridized carbons (Fsp3) is 0.100. The molecular formula is C20H16BrN3O4. The van der Waals surface area contributed by atoms with E-state index in [1.807, 2.05) is 6.07 Å². The molecule has 0 aliphatic heterocycles. The zero-order valence-corrected chi connectivity index (χ0v) is 16.4. The van der Waals surface area contributed by atoms with Gasteiger partial charge in [-0.2, -0.15) is 0 Å². The number of aromatic nitrogens is 2. The number of esters is 1. The van der Waals surface area contributed by atoms with Gasteiger partial charge in [-0.05, 0) is 25.1 Å². The highest BCUT2D eigenvalue weighted by Gasteiger charge is 2.23. The third-order valence-electron chi connectivity index (χ3n) is 3.84. The number of hydrogen-bond acceptors (Lipinski definition) is 5. The van der Waals surface area contributed by atoms with E-state index in [0.29, 0.717) is 21.3 Å². The van der Waals surface area contributed by atoms with Crippen molar-refractivity contribution in [1.29, 1.82) is 0 Å². The van der Waals surface area contributed by atoms with Crippen molar-refractivity contribution in [3.05, 3.63) is 81.8 Å². The van der Waals surface area contributed by atoms with Crippen LogP contribution in [0.1, 0.15) is 43.8 Å². The molecule has 8 heteroatoms. The lowest BCUT2D eigenvalue weighted by Gasteiger charge is -2.11. The standard InChI is InChI=1S/C20H16BrN3O4/c1-2-28-20(27)17-16(22-11-23-17)19(26)24-15-9-8-13(21)10-14(15)18(25)12-6-4-3-5-7-12/h3-11H,2H2,1H3,(H,22,23)(H,24,26). The van der Waals surface area contributed by atoms with Crippen LogP contribution in [0.2, 0.25) is 0 Å². The number of nitrogens with one attached hydrogen (secondary N) is 2. The smallest absolute Gasteiger partial charge is 0.357 e. The number of amides is 1. The van der Waals surface area contributed by atoms with E-state index in [2.05, 4.69) is 31.2 Å². The van der Waals surface area contributed by atoms with Crippen LogP contribution in [0, 0.1) is 0 Å². The first-order valence-corrected chi connectivity index (χ1v) is 9.21. The van der Waals surface area contributed by atoms with Gasteiger partial charge in [0.1, 0.15) is 0 Å². The van der Waals surface area contributed by atoms with Crippen molar-refractivity contribution in [3.8, 4) is 0 Å². The largest absolute Gasteiger partial charge is 0.461 e. The SMILES string of the molecule is CCOC(=O)c1[nH]cnc1C(=O)Nc1ccc(Br)cc1C(=O)c1ccccc1. The summed E-state index contributed by atoms with van der Waals surface area (Å²) in [5.74, 6) is -1.56. The highest BCUT2D eigenvalue weighted by molar-refractivity contribution is 9.10. The third-order valence-corrected chi connectivity index (χ3v) is 4.34. The molecule has 2 aromatic carbocycles. The number of ketones is 1. The van der Waals surface area contributed by atoms with E-state index >= 15 is 0 Å². The van der Waals surface area contributed by atoms with E-state index in [-0.39, 0.29) is 23.8 Å². The van der Waals surface area contributed by atoms with Gasteiger partial charge in [-0.25, -0.2) is 9.78 Å².